The first-order valence-electron chi connectivity index (χ1n) is 15.7. The van der Waals surface area contributed by atoms with Gasteiger partial charge in [0, 0.05) is 37.8 Å². The van der Waals surface area contributed by atoms with Gasteiger partial charge in [-0.3, -0.25) is 9.59 Å². The predicted octanol–water partition coefficient (Wildman–Crippen LogP) is 5.25. The lowest BCUT2D eigenvalue weighted by atomic mass is 9.71. The van der Waals surface area contributed by atoms with Crippen molar-refractivity contribution in [3.63, 3.8) is 0 Å². The highest BCUT2D eigenvalue weighted by Crippen LogP contribution is 2.41. The SMILES string of the molecule is COc1cc(C(=O)N2CCOC(CCN3CCC(C(=O)N(C)C)(c4ccccc4)CC3)(c3ccc(Cl)cc3)C2)cc(OC)c1OC. The van der Waals surface area contributed by atoms with Gasteiger partial charge in [0.15, 0.2) is 11.5 Å². The fourth-order valence-corrected chi connectivity index (χ4v) is 7.00. The van der Waals surface area contributed by atoms with Crippen LogP contribution in [0.2, 0.25) is 5.02 Å². The molecular formula is C36H44ClN3O6. The van der Waals surface area contributed by atoms with E-state index in [0.29, 0.717) is 54.0 Å². The molecule has 0 aliphatic carbocycles. The van der Waals surface area contributed by atoms with Crippen LogP contribution >= 0.6 is 11.6 Å². The van der Waals surface area contributed by atoms with Crippen LogP contribution in [0.15, 0.2) is 66.7 Å². The number of carbonyl (C=O) groups is 2. The molecule has 46 heavy (non-hydrogen) atoms. The van der Waals surface area contributed by atoms with Crippen molar-refractivity contribution in [2.24, 2.45) is 0 Å². The third kappa shape index (κ3) is 6.68. The molecule has 2 aliphatic rings. The number of hydrogen-bond acceptors (Lipinski definition) is 7. The number of piperidine rings is 1. The van der Waals surface area contributed by atoms with Crippen molar-refractivity contribution in [1.82, 2.24) is 14.7 Å². The third-order valence-electron chi connectivity index (χ3n) is 9.44. The second-order valence-corrected chi connectivity index (χ2v) is 12.7. The molecule has 0 bridgehead atoms. The number of morpholine rings is 1. The van der Waals surface area contributed by atoms with E-state index >= 15 is 0 Å². The lowest BCUT2D eigenvalue weighted by Crippen LogP contribution is -2.54. The minimum absolute atomic E-state index is 0.145. The van der Waals surface area contributed by atoms with E-state index in [-0.39, 0.29) is 11.8 Å². The van der Waals surface area contributed by atoms with Gasteiger partial charge in [-0.05, 0) is 67.7 Å². The Balaban J connectivity index is 1.37. The fourth-order valence-electron chi connectivity index (χ4n) is 6.88. The molecule has 1 atom stereocenters. The van der Waals surface area contributed by atoms with Crippen LogP contribution in [0.5, 0.6) is 17.2 Å². The highest BCUT2D eigenvalue weighted by Gasteiger charge is 2.45. The summed E-state index contributed by atoms with van der Waals surface area (Å²) >= 11 is 6.28. The van der Waals surface area contributed by atoms with Gasteiger partial charge in [-0.2, -0.15) is 0 Å². The fraction of sp³-hybridized carbons (Fsp3) is 0.444. The van der Waals surface area contributed by atoms with E-state index in [0.717, 1.165) is 43.6 Å². The maximum Gasteiger partial charge on any atom is 0.254 e. The lowest BCUT2D eigenvalue weighted by molar-refractivity contribution is -0.137. The van der Waals surface area contributed by atoms with Crippen LogP contribution in [0.25, 0.3) is 0 Å². The maximum atomic E-state index is 14.0. The van der Waals surface area contributed by atoms with E-state index < -0.39 is 11.0 Å². The topological polar surface area (TPSA) is 80.8 Å². The third-order valence-corrected chi connectivity index (χ3v) is 9.69. The van der Waals surface area contributed by atoms with Gasteiger partial charge in [0.25, 0.3) is 5.91 Å². The van der Waals surface area contributed by atoms with Crippen LogP contribution in [0.1, 0.15) is 40.7 Å². The monoisotopic (exact) mass is 649 g/mol. The number of carbonyl (C=O) groups excluding carboxylic acids is 2. The molecular weight excluding hydrogens is 606 g/mol. The van der Waals surface area contributed by atoms with Crippen LogP contribution in [-0.4, -0.2) is 101 Å². The predicted molar refractivity (Wildman–Crippen MR) is 178 cm³/mol. The molecule has 2 fully saturated rings. The Bertz CT molecular complexity index is 1480. The highest BCUT2D eigenvalue weighted by atomic mass is 35.5. The molecule has 2 saturated heterocycles. The van der Waals surface area contributed by atoms with E-state index in [2.05, 4.69) is 17.0 Å². The van der Waals surface area contributed by atoms with E-state index in [1.807, 2.05) is 61.5 Å². The zero-order valence-corrected chi connectivity index (χ0v) is 28.1. The van der Waals surface area contributed by atoms with Crippen molar-refractivity contribution >= 4 is 23.4 Å². The molecule has 3 aromatic carbocycles. The first-order valence-corrected chi connectivity index (χ1v) is 16.0. The number of amides is 2. The van der Waals surface area contributed by atoms with Crippen molar-refractivity contribution in [2.45, 2.75) is 30.3 Å². The second kappa shape index (κ2) is 14.3. The Hall–Kier alpha value is -3.79. The summed E-state index contributed by atoms with van der Waals surface area (Å²) in [5.41, 5.74) is 1.20. The first kappa shape index (κ1) is 33.6. The molecule has 9 nitrogen and oxygen atoms in total. The van der Waals surface area contributed by atoms with Crippen LogP contribution in [0, 0.1) is 0 Å². The first-order chi connectivity index (χ1) is 22.2. The zero-order valence-electron chi connectivity index (χ0n) is 27.4. The number of methoxy groups -OCH3 is 3. The number of nitrogens with zero attached hydrogens (tertiary/aromatic N) is 3. The molecule has 2 aliphatic heterocycles. The standard InChI is InChI=1S/C36H44ClN3O6/c1-38(2)34(42)35(27-9-7-6-8-10-27)15-18-39(19-16-35)20-17-36(28-11-13-29(37)14-12-28)25-40(21-22-46-36)33(41)26-23-30(43-3)32(45-5)31(24-26)44-4/h6-14,23-24H,15-22,25H2,1-5H3. The van der Waals surface area contributed by atoms with Crippen LogP contribution in [0.3, 0.4) is 0 Å². The van der Waals surface area contributed by atoms with Gasteiger partial charge in [-0.15, -0.1) is 0 Å². The summed E-state index contributed by atoms with van der Waals surface area (Å²) in [4.78, 5) is 33.5. The summed E-state index contributed by atoms with van der Waals surface area (Å²) in [6.07, 6.45) is 2.12. The Morgan fingerprint density at radius 2 is 1.50 bits per heavy atom. The average molecular weight is 650 g/mol. The second-order valence-electron chi connectivity index (χ2n) is 12.2. The van der Waals surface area contributed by atoms with E-state index in [4.69, 9.17) is 30.5 Å². The molecule has 0 saturated carbocycles. The number of likely N-dealkylation sites (N-methyl/N-ethyl adjacent to an activating group) is 1. The Kier molecular flexibility index (Phi) is 10.5. The van der Waals surface area contributed by atoms with E-state index in [9.17, 15) is 9.59 Å². The maximum absolute atomic E-state index is 14.0. The quantitative estimate of drug-likeness (QED) is 0.297. The molecule has 2 heterocycles. The number of likely N-dealkylation sites (tertiary alicyclic amines) is 1. The number of benzene rings is 3. The van der Waals surface area contributed by atoms with Gasteiger partial charge in [0.2, 0.25) is 11.7 Å². The van der Waals surface area contributed by atoms with E-state index in [1.165, 1.54) is 21.3 Å². The molecule has 3 aromatic rings. The Morgan fingerprint density at radius 3 is 2.07 bits per heavy atom. The molecule has 246 valence electrons. The van der Waals surface area contributed by atoms with Gasteiger partial charge in [0.1, 0.15) is 5.60 Å². The number of rotatable bonds is 10. The van der Waals surface area contributed by atoms with Crippen molar-refractivity contribution in [2.75, 3.05) is 74.8 Å². The minimum Gasteiger partial charge on any atom is -0.493 e. The normalized spacial score (nSPS) is 19.7. The van der Waals surface area contributed by atoms with Gasteiger partial charge in [0.05, 0.1) is 39.9 Å². The van der Waals surface area contributed by atoms with Crippen molar-refractivity contribution < 1.29 is 28.5 Å². The summed E-state index contributed by atoms with van der Waals surface area (Å²) in [6.45, 7) is 3.49. The molecule has 1 unspecified atom stereocenters. The van der Waals surface area contributed by atoms with Crippen molar-refractivity contribution in [1.29, 1.82) is 0 Å². The summed E-state index contributed by atoms with van der Waals surface area (Å²) in [6, 6.07) is 21.2. The molecule has 2 amide bonds. The Morgan fingerprint density at radius 1 is 0.870 bits per heavy atom. The van der Waals surface area contributed by atoms with Crippen molar-refractivity contribution in [3.8, 4) is 17.2 Å². The summed E-state index contributed by atoms with van der Waals surface area (Å²) in [5.74, 6) is 1.28. The van der Waals surface area contributed by atoms with Gasteiger partial charge in [-0.1, -0.05) is 54.1 Å². The largest absolute Gasteiger partial charge is 0.493 e. The summed E-state index contributed by atoms with van der Waals surface area (Å²) in [7, 11) is 8.27. The minimum atomic E-state index is -0.743. The molecule has 5 rings (SSSR count). The highest BCUT2D eigenvalue weighted by molar-refractivity contribution is 6.30. The summed E-state index contributed by atoms with van der Waals surface area (Å²) in [5, 5.41) is 0.638. The molecule has 0 radical (unpaired) electrons. The molecule has 0 N–H and O–H groups in total. The van der Waals surface area contributed by atoms with Crippen molar-refractivity contribution in [3.05, 3.63) is 88.4 Å². The lowest BCUT2D eigenvalue weighted by Gasteiger charge is -2.46. The number of ether oxygens (including phenoxy) is 4. The molecule has 0 aromatic heterocycles. The Labute approximate surface area is 276 Å². The van der Waals surface area contributed by atoms with Gasteiger partial charge in [-0.25, -0.2) is 0 Å². The summed E-state index contributed by atoms with van der Waals surface area (Å²) < 4.78 is 23.1. The van der Waals surface area contributed by atoms with Crippen LogP contribution in [0.4, 0.5) is 0 Å². The molecule has 10 heteroatoms. The van der Waals surface area contributed by atoms with Gasteiger partial charge >= 0.3 is 0 Å². The average Bonchev–Trinajstić information content (AvgIpc) is 3.10. The van der Waals surface area contributed by atoms with Gasteiger partial charge < -0.3 is 33.6 Å². The molecule has 0 spiro atoms. The van der Waals surface area contributed by atoms with Crippen LogP contribution in [-0.2, 0) is 20.5 Å². The number of hydrogen-bond donors (Lipinski definition) is 0. The van der Waals surface area contributed by atoms with E-state index in [1.54, 1.807) is 17.0 Å². The number of halogens is 1. The smallest absolute Gasteiger partial charge is 0.254 e. The zero-order chi connectivity index (χ0) is 32.9. The van der Waals surface area contributed by atoms with Crippen LogP contribution < -0.4 is 14.2 Å².